The molecule has 0 atom stereocenters. The molecule has 3 aromatic carbocycles. The van der Waals surface area contributed by atoms with Crippen molar-refractivity contribution in [2.45, 2.75) is 0 Å². The first kappa shape index (κ1) is 20.1. The summed E-state index contributed by atoms with van der Waals surface area (Å²) in [5.74, 6) is 1.09. The van der Waals surface area contributed by atoms with E-state index in [-0.39, 0.29) is 5.91 Å². The van der Waals surface area contributed by atoms with E-state index in [1.165, 1.54) is 0 Å². The third kappa shape index (κ3) is 4.77. The minimum absolute atomic E-state index is 0.157. The summed E-state index contributed by atoms with van der Waals surface area (Å²) in [5.41, 5.74) is 4.33. The van der Waals surface area contributed by atoms with Gasteiger partial charge in [0.25, 0.3) is 5.91 Å². The van der Waals surface area contributed by atoms with Crippen molar-refractivity contribution in [1.29, 1.82) is 0 Å². The van der Waals surface area contributed by atoms with Crippen molar-refractivity contribution >= 4 is 23.1 Å². The highest BCUT2D eigenvalue weighted by molar-refractivity contribution is 6.04. The third-order valence-electron chi connectivity index (χ3n) is 5.06. The topological polar surface area (TPSA) is 84.7 Å². The van der Waals surface area contributed by atoms with E-state index in [1.54, 1.807) is 10.9 Å². The molecule has 7 nitrogen and oxygen atoms in total. The quantitative estimate of drug-likeness (QED) is 0.379. The Morgan fingerprint density at radius 1 is 0.697 bits per heavy atom. The molecule has 2 heterocycles. The first-order chi connectivity index (χ1) is 16.2. The molecule has 0 saturated carbocycles. The summed E-state index contributed by atoms with van der Waals surface area (Å²) in [7, 11) is 0. The maximum absolute atomic E-state index is 12.6. The number of carbonyl (C=O) groups excluding carboxylic acids is 1. The van der Waals surface area contributed by atoms with Crippen LogP contribution < -0.4 is 10.6 Å². The van der Waals surface area contributed by atoms with Gasteiger partial charge in [-0.2, -0.15) is 5.10 Å². The number of hydrogen-bond acceptors (Lipinski definition) is 5. The van der Waals surface area contributed by atoms with Crippen LogP contribution in [0.4, 0.5) is 17.2 Å². The lowest BCUT2D eigenvalue weighted by Crippen LogP contribution is -2.11. The van der Waals surface area contributed by atoms with E-state index in [0.717, 1.165) is 16.8 Å². The minimum Gasteiger partial charge on any atom is -0.339 e. The van der Waals surface area contributed by atoms with E-state index >= 15 is 0 Å². The normalized spacial score (nSPS) is 10.5. The Morgan fingerprint density at radius 3 is 2.09 bits per heavy atom. The Bertz CT molecular complexity index is 1330. The number of carbonyl (C=O) groups is 1. The molecular weight excluding hydrogens is 412 g/mol. The SMILES string of the molecule is O=C(Nc1ccc(Nc2ccc(-n3cccn3)nn2)cc1)c1ccc(-c2ccccc2)cc1. The van der Waals surface area contributed by atoms with Crippen LogP contribution in [0.15, 0.2) is 109 Å². The third-order valence-corrected chi connectivity index (χ3v) is 5.06. The van der Waals surface area contributed by atoms with Gasteiger partial charge in [-0.15, -0.1) is 10.2 Å². The van der Waals surface area contributed by atoms with E-state index < -0.39 is 0 Å². The summed E-state index contributed by atoms with van der Waals surface area (Å²) >= 11 is 0. The summed E-state index contributed by atoms with van der Waals surface area (Å²) < 4.78 is 1.64. The molecule has 0 aliphatic heterocycles. The van der Waals surface area contributed by atoms with E-state index in [0.29, 0.717) is 22.9 Å². The Kier molecular flexibility index (Phi) is 5.59. The second kappa shape index (κ2) is 9.15. The molecule has 0 aliphatic carbocycles. The molecule has 7 heteroatoms. The molecule has 0 aliphatic rings. The molecule has 1 amide bonds. The number of benzene rings is 3. The highest BCUT2D eigenvalue weighted by Gasteiger charge is 2.07. The first-order valence-electron chi connectivity index (χ1n) is 10.4. The number of hydrogen-bond donors (Lipinski definition) is 2. The van der Waals surface area contributed by atoms with Gasteiger partial charge >= 0.3 is 0 Å². The van der Waals surface area contributed by atoms with Gasteiger partial charge in [-0.05, 0) is 65.7 Å². The number of nitrogens with zero attached hydrogens (tertiary/aromatic N) is 4. The standard InChI is InChI=1S/C26H20N6O/c33-26(21-9-7-20(8-10-21)19-5-2-1-3-6-19)29-23-13-11-22(12-14-23)28-24-15-16-25(31-30-24)32-18-4-17-27-32/h1-18H,(H,28,30)(H,29,33). The van der Waals surface area contributed by atoms with Gasteiger partial charge in [-0.3, -0.25) is 4.79 Å². The molecule has 5 rings (SSSR count). The monoisotopic (exact) mass is 432 g/mol. The summed E-state index contributed by atoms with van der Waals surface area (Å²) in [6.07, 6.45) is 3.50. The van der Waals surface area contributed by atoms with Crippen LogP contribution in [0.25, 0.3) is 16.9 Å². The van der Waals surface area contributed by atoms with Crippen LogP contribution in [-0.4, -0.2) is 25.9 Å². The maximum atomic E-state index is 12.6. The van der Waals surface area contributed by atoms with E-state index in [2.05, 4.69) is 25.9 Å². The molecule has 33 heavy (non-hydrogen) atoms. The number of amides is 1. The molecule has 0 fully saturated rings. The second-order valence-corrected chi connectivity index (χ2v) is 7.33. The maximum Gasteiger partial charge on any atom is 0.255 e. The van der Waals surface area contributed by atoms with Gasteiger partial charge in [0.05, 0.1) is 0 Å². The number of rotatable bonds is 6. The van der Waals surface area contributed by atoms with Gasteiger partial charge in [0.2, 0.25) is 0 Å². The molecule has 2 aromatic heterocycles. The highest BCUT2D eigenvalue weighted by Crippen LogP contribution is 2.21. The van der Waals surface area contributed by atoms with Crippen molar-refractivity contribution < 1.29 is 4.79 Å². The van der Waals surface area contributed by atoms with Crippen LogP contribution in [-0.2, 0) is 0 Å². The van der Waals surface area contributed by atoms with Crippen molar-refractivity contribution in [1.82, 2.24) is 20.0 Å². The lowest BCUT2D eigenvalue weighted by Gasteiger charge is -2.09. The predicted molar refractivity (Wildman–Crippen MR) is 129 cm³/mol. The summed E-state index contributed by atoms with van der Waals surface area (Å²) in [6, 6.07) is 30.6. The second-order valence-electron chi connectivity index (χ2n) is 7.33. The van der Waals surface area contributed by atoms with Gasteiger partial charge in [0, 0.05) is 29.3 Å². The minimum atomic E-state index is -0.157. The number of aromatic nitrogens is 4. The molecule has 0 saturated heterocycles. The van der Waals surface area contributed by atoms with E-state index in [1.807, 2.05) is 103 Å². The zero-order valence-corrected chi connectivity index (χ0v) is 17.6. The fraction of sp³-hybridized carbons (Fsp3) is 0. The van der Waals surface area contributed by atoms with Crippen LogP contribution >= 0.6 is 0 Å². The van der Waals surface area contributed by atoms with Crippen molar-refractivity contribution in [2.24, 2.45) is 0 Å². The summed E-state index contributed by atoms with van der Waals surface area (Å²) in [6.45, 7) is 0. The van der Waals surface area contributed by atoms with Crippen LogP contribution in [0.3, 0.4) is 0 Å². The highest BCUT2D eigenvalue weighted by atomic mass is 16.1. The van der Waals surface area contributed by atoms with E-state index in [4.69, 9.17) is 0 Å². The van der Waals surface area contributed by atoms with Gasteiger partial charge in [0.15, 0.2) is 11.6 Å². The van der Waals surface area contributed by atoms with Gasteiger partial charge in [-0.1, -0.05) is 42.5 Å². The van der Waals surface area contributed by atoms with Crippen molar-refractivity contribution in [3.8, 4) is 16.9 Å². The van der Waals surface area contributed by atoms with Crippen LogP contribution in [0, 0.1) is 0 Å². The lowest BCUT2D eigenvalue weighted by atomic mass is 10.0. The molecule has 0 spiro atoms. The van der Waals surface area contributed by atoms with E-state index in [9.17, 15) is 4.79 Å². The first-order valence-corrected chi connectivity index (χ1v) is 10.4. The van der Waals surface area contributed by atoms with Crippen LogP contribution in [0.5, 0.6) is 0 Å². The number of nitrogens with one attached hydrogen (secondary N) is 2. The summed E-state index contributed by atoms with van der Waals surface area (Å²) in [4.78, 5) is 12.6. The molecule has 2 N–H and O–H groups in total. The lowest BCUT2D eigenvalue weighted by molar-refractivity contribution is 0.102. The molecule has 0 unspecified atom stereocenters. The Morgan fingerprint density at radius 2 is 1.42 bits per heavy atom. The zero-order chi connectivity index (χ0) is 22.5. The Hall–Kier alpha value is -4.78. The molecule has 0 radical (unpaired) electrons. The summed E-state index contributed by atoms with van der Waals surface area (Å²) in [5, 5.41) is 18.6. The van der Waals surface area contributed by atoms with Gasteiger partial charge in [0.1, 0.15) is 0 Å². The predicted octanol–water partition coefficient (Wildman–Crippen LogP) is 5.33. The molecular formula is C26H20N6O. The zero-order valence-electron chi connectivity index (χ0n) is 17.6. The average molecular weight is 432 g/mol. The van der Waals surface area contributed by atoms with Gasteiger partial charge < -0.3 is 10.6 Å². The average Bonchev–Trinajstić information content (AvgIpc) is 3.41. The van der Waals surface area contributed by atoms with Crippen LogP contribution in [0.2, 0.25) is 0 Å². The Labute approximate surface area is 190 Å². The Balaban J connectivity index is 1.20. The smallest absolute Gasteiger partial charge is 0.255 e. The van der Waals surface area contributed by atoms with Gasteiger partial charge in [-0.25, -0.2) is 4.68 Å². The fourth-order valence-electron chi connectivity index (χ4n) is 3.35. The molecule has 160 valence electrons. The fourth-order valence-corrected chi connectivity index (χ4v) is 3.35. The molecule has 5 aromatic rings. The van der Waals surface area contributed by atoms with Crippen molar-refractivity contribution in [3.05, 3.63) is 115 Å². The van der Waals surface area contributed by atoms with Crippen molar-refractivity contribution in [2.75, 3.05) is 10.6 Å². The van der Waals surface area contributed by atoms with Crippen molar-refractivity contribution in [3.63, 3.8) is 0 Å². The van der Waals surface area contributed by atoms with Crippen LogP contribution in [0.1, 0.15) is 10.4 Å². The number of anilines is 3. The molecule has 0 bridgehead atoms. The largest absolute Gasteiger partial charge is 0.339 e.